The summed E-state index contributed by atoms with van der Waals surface area (Å²) in [5.74, 6) is 0.638. The Kier molecular flexibility index (Phi) is 4.31. The predicted molar refractivity (Wildman–Crippen MR) is 106 cm³/mol. The molecule has 0 unspecified atom stereocenters. The van der Waals surface area contributed by atoms with Crippen LogP contribution < -0.4 is 5.56 Å². The van der Waals surface area contributed by atoms with E-state index in [1.54, 1.807) is 22.8 Å². The minimum Gasteiger partial charge on any atom is -0.507 e. The lowest BCUT2D eigenvalue weighted by molar-refractivity contribution is 0.476. The van der Waals surface area contributed by atoms with Crippen molar-refractivity contribution in [2.24, 2.45) is 0 Å². The number of hydrogen-bond donors (Lipinski definition) is 1. The lowest BCUT2D eigenvalue weighted by Gasteiger charge is -2.14. The van der Waals surface area contributed by atoms with Gasteiger partial charge in [-0.3, -0.25) is 9.36 Å². The summed E-state index contributed by atoms with van der Waals surface area (Å²) in [6.07, 6.45) is 0.720. The number of aryl methyl sites for hydroxylation is 2. The third-order valence-electron chi connectivity index (χ3n) is 4.49. The molecule has 26 heavy (non-hydrogen) atoms. The van der Waals surface area contributed by atoms with Crippen molar-refractivity contribution in [1.82, 2.24) is 9.55 Å². The van der Waals surface area contributed by atoms with E-state index < -0.39 is 0 Å². The van der Waals surface area contributed by atoms with Crippen LogP contribution in [0.25, 0.3) is 21.6 Å². The van der Waals surface area contributed by atoms with Gasteiger partial charge in [-0.05, 0) is 42.0 Å². The lowest BCUT2D eigenvalue weighted by atomic mass is 10.1. The van der Waals surface area contributed by atoms with Crippen LogP contribution in [0, 0.1) is 6.92 Å². The molecule has 4 aromatic rings. The third kappa shape index (κ3) is 2.91. The van der Waals surface area contributed by atoms with Gasteiger partial charge in [0.1, 0.15) is 16.4 Å². The maximum atomic E-state index is 13.2. The van der Waals surface area contributed by atoms with Crippen LogP contribution in [0.4, 0.5) is 0 Å². The zero-order valence-electron chi connectivity index (χ0n) is 14.3. The van der Waals surface area contributed by atoms with Crippen LogP contribution in [0.1, 0.15) is 11.1 Å². The molecule has 0 aliphatic heterocycles. The van der Waals surface area contributed by atoms with Crippen LogP contribution in [-0.4, -0.2) is 14.7 Å². The van der Waals surface area contributed by atoms with Gasteiger partial charge >= 0.3 is 0 Å². The number of para-hydroxylation sites is 1. The zero-order valence-corrected chi connectivity index (χ0v) is 15.2. The summed E-state index contributed by atoms with van der Waals surface area (Å²) < 4.78 is 1.68. The summed E-state index contributed by atoms with van der Waals surface area (Å²) in [4.78, 5) is 18.6. The summed E-state index contributed by atoms with van der Waals surface area (Å²) in [5.41, 5.74) is 2.62. The standard InChI is InChI=1S/C21H18N2O2S/c1-14-13-26-20-18(14)21(25)23(12-11-15-7-3-2-4-8-15)19(22-20)16-9-5-6-10-17(16)24/h2-10,13,24H,11-12H2,1H3. The molecule has 0 saturated carbocycles. The molecule has 0 aliphatic carbocycles. The van der Waals surface area contributed by atoms with Crippen molar-refractivity contribution in [2.45, 2.75) is 19.9 Å². The van der Waals surface area contributed by atoms with E-state index in [0.29, 0.717) is 28.1 Å². The highest BCUT2D eigenvalue weighted by atomic mass is 32.1. The van der Waals surface area contributed by atoms with Crippen LogP contribution in [0.5, 0.6) is 5.75 Å². The SMILES string of the molecule is Cc1csc2nc(-c3ccccc3O)n(CCc3ccccc3)c(=O)c12. The Hall–Kier alpha value is -2.92. The number of fused-ring (bicyclic) bond motifs is 1. The summed E-state index contributed by atoms with van der Waals surface area (Å²) in [5, 5.41) is 12.9. The first-order chi connectivity index (χ1) is 12.6. The fourth-order valence-electron chi connectivity index (χ4n) is 3.12. The maximum absolute atomic E-state index is 13.2. The molecule has 1 N–H and O–H groups in total. The average Bonchev–Trinajstić information content (AvgIpc) is 3.03. The summed E-state index contributed by atoms with van der Waals surface area (Å²) in [6, 6.07) is 17.1. The van der Waals surface area contributed by atoms with Crippen molar-refractivity contribution in [3.63, 3.8) is 0 Å². The number of rotatable bonds is 4. The Morgan fingerprint density at radius 3 is 2.58 bits per heavy atom. The average molecular weight is 362 g/mol. The minimum absolute atomic E-state index is 0.0528. The Bertz CT molecular complexity index is 1130. The molecule has 130 valence electrons. The van der Waals surface area contributed by atoms with Crippen molar-refractivity contribution in [2.75, 3.05) is 0 Å². The quantitative estimate of drug-likeness (QED) is 0.586. The Labute approximate surface area is 155 Å². The summed E-state index contributed by atoms with van der Waals surface area (Å²) in [7, 11) is 0. The molecule has 0 amide bonds. The van der Waals surface area contributed by atoms with Gasteiger partial charge in [-0.2, -0.15) is 0 Å². The van der Waals surface area contributed by atoms with E-state index in [1.165, 1.54) is 11.3 Å². The zero-order chi connectivity index (χ0) is 18.1. The summed E-state index contributed by atoms with van der Waals surface area (Å²) >= 11 is 1.46. The molecule has 0 bridgehead atoms. The van der Waals surface area contributed by atoms with Crippen molar-refractivity contribution in [3.05, 3.63) is 81.5 Å². The molecule has 0 saturated heterocycles. The minimum atomic E-state index is -0.0528. The van der Waals surface area contributed by atoms with Gasteiger partial charge in [0.15, 0.2) is 0 Å². The van der Waals surface area contributed by atoms with Gasteiger partial charge in [0, 0.05) is 6.54 Å². The summed E-state index contributed by atoms with van der Waals surface area (Å²) in [6.45, 7) is 2.44. The highest BCUT2D eigenvalue weighted by Gasteiger charge is 2.17. The van der Waals surface area contributed by atoms with Crippen molar-refractivity contribution in [3.8, 4) is 17.1 Å². The molecule has 4 nitrogen and oxygen atoms in total. The molecule has 5 heteroatoms. The number of thiophene rings is 1. The molecule has 0 spiro atoms. The molecule has 2 heterocycles. The molecule has 2 aromatic carbocycles. The number of phenolic OH excluding ortho intramolecular Hbond substituents is 1. The largest absolute Gasteiger partial charge is 0.507 e. The molecule has 0 atom stereocenters. The normalized spacial score (nSPS) is 11.1. The second kappa shape index (κ2) is 6.77. The van der Waals surface area contributed by atoms with Crippen LogP contribution in [-0.2, 0) is 13.0 Å². The van der Waals surface area contributed by atoms with Crippen molar-refractivity contribution >= 4 is 21.6 Å². The molecule has 0 aliphatic rings. The van der Waals surface area contributed by atoms with E-state index in [1.807, 2.05) is 48.7 Å². The smallest absolute Gasteiger partial charge is 0.262 e. The van der Waals surface area contributed by atoms with Crippen LogP contribution in [0.3, 0.4) is 0 Å². The van der Waals surface area contributed by atoms with E-state index in [9.17, 15) is 9.90 Å². The second-order valence-electron chi connectivity index (χ2n) is 6.24. The highest BCUT2D eigenvalue weighted by Crippen LogP contribution is 2.29. The Morgan fingerprint density at radius 1 is 1.08 bits per heavy atom. The number of hydrogen-bond acceptors (Lipinski definition) is 4. The van der Waals surface area contributed by atoms with Gasteiger partial charge in [-0.15, -0.1) is 11.3 Å². The molecular formula is C21H18N2O2S. The highest BCUT2D eigenvalue weighted by molar-refractivity contribution is 7.16. The van der Waals surface area contributed by atoms with Crippen molar-refractivity contribution in [1.29, 1.82) is 0 Å². The van der Waals surface area contributed by atoms with E-state index in [-0.39, 0.29) is 11.3 Å². The van der Waals surface area contributed by atoms with Gasteiger partial charge < -0.3 is 5.11 Å². The van der Waals surface area contributed by atoms with Crippen LogP contribution >= 0.6 is 11.3 Å². The van der Waals surface area contributed by atoms with Gasteiger partial charge in [0.2, 0.25) is 0 Å². The van der Waals surface area contributed by atoms with Gasteiger partial charge in [0.25, 0.3) is 5.56 Å². The first kappa shape index (κ1) is 16.5. The molecule has 2 aromatic heterocycles. The van der Waals surface area contributed by atoms with E-state index >= 15 is 0 Å². The number of nitrogens with zero attached hydrogens (tertiary/aromatic N) is 2. The fourth-order valence-corrected chi connectivity index (χ4v) is 4.03. The third-order valence-corrected chi connectivity index (χ3v) is 5.48. The van der Waals surface area contributed by atoms with Crippen LogP contribution in [0.2, 0.25) is 0 Å². The maximum Gasteiger partial charge on any atom is 0.262 e. The molecular weight excluding hydrogens is 344 g/mol. The van der Waals surface area contributed by atoms with Gasteiger partial charge in [-0.1, -0.05) is 42.5 Å². The van der Waals surface area contributed by atoms with Crippen molar-refractivity contribution < 1.29 is 5.11 Å². The first-order valence-corrected chi connectivity index (χ1v) is 9.34. The van der Waals surface area contributed by atoms with Gasteiger partial charge in [0.05, 0.1) is 10.9 Å². The fraction of sp³-hybridized carbons (Fsp3) is 0.143. The molecule has 0 radical (unpaired) electrons. The second-order valence-corrected chi connectivity index (χ2v) is 7.10. The number of phenols is 1. The Morgan fingerprint density at radius 2 is 1.81 bits per heavy atom. The van der Waals surface area contributed by atoms with Gasteiger partial charge in [-0.25, -0.2) is 4.98 Å². The topological polar surface area (TPSA) is 55.1 Å². The molecule has 4 rings (SSSR count). The first-order valence-electron chi connectivity index (χ1n) is 8.46. The molecule has 0 fully saturated rings. The van der Waals surface area contributed by atoms with E-state index in [2.05, 4.69) is 0 Å². The van der Waals surface area contributed by atoms with E-state index in [4.69, 9.17) is 4.98 Å². The van der Waals surface area contributed by atoms with Crippen LogP contribution in [0.15, 0.2) is 64.8 Å². The number of benzene rings is 2. The Balaban J connectivity index is 1.89. The lowest BCUT2D eigenvalue weighted by Crippen LogP contribution is -2.24. The van der Waals surface area contributed by atoms with E-state index in [0.717, 1.165) is 17.5 Å². The monoisotopic (exact) mass is 362 g/mol. The number of aromatic hydroxyl groups is 1. The predicted octanol–water partition coefficient (Wildman–Crippen LogP) is 4.38. The number of aromatic nitrogens is 2.